The van der Waals surface area contributed by atoms with Crippen LogP contribution in [-0.4, -0.2) is 24.6 Å². The number of benzene rings is 1. The Morgan fingerprint density at radius 2 is 1.94 bits per heavy atom. The fraction of sp³-hybridized carbons (Fsp3) is 0.385. The highest BCUT2D eigenvalue weighted by molar-refractivity contribution is 5.81. The van der Waals surface area contributed by atoms with Gasteiger partial charge in [-0.3, -0.25) is 9.59 Å². The van der Waals surface area contributed by atoms with Crippen molar-refractivity contribution in [1.82, 2.24) is 0 Å². The van der Waals surface area contributed by atoms with Crippen LogP contribution in [0, 0.1) is 0 Å². The molecule has 0 saturated heterocycles. The SMILES string of the molecule is CC(OC(=O)CCCOc1ccccc1)C(N)=O. The van der Waals surface area contributed by atoms with Crippen molar-refractivity contribution in [3.05, 3.63) is 30.3 Å². The van der Waals surface area contributed by atoms with Crippen molar-refractivity contribution in [1.29, 1.82) is 0 Å². The van der Waals surface area contributed by atoms with Crippen molar-refractivity contribution in [2.75, 3.05) is 6.61 Å². The minimum absolute atomic E-state index is 0.199. The zero-order valence-electron chi connectivity index (χ0n) is 10.3. The van der Waals surface area contributed by atoms with Crippen LogP contribution >= 0.6 is 0 Å². The zero-order chi connectivity index (χ0) is 13.4. The van der Waals surface area contributed by atoms with Gasteiger partial charge < -0.3 is 15.2 Å². The zero-order valence-corrected chi connectivity index (χ0v) is 10.3. The average molecular weight is 251 g/mol. The number of carbonyl (C=O) groups excluding carboxylic acids is 2. The largest absolute Gasteiger partial charge is 0.494 e. The van der Waals surface area contributed by atoms with Gasteiger partial charge in [-0.15, -0.1) is 0 Å². The first-order chi connectivity index (χ1) is 8.59. The van der Waals surface area contributed by atoms with Crippen LogP contribution in [0.25, 0.3) is 0 Å². The maximum absolute atomic E-state index is 11.3. The molecule has 0 radical (unpaired) electrons. The first kappa shape index (κ1) is 14.0. The number of esters is 1. The number of para-hydroxylation sites is 1. The van der Waals surface area contributed by atoms with Crippen molar-refractivity contribution in [3.8, 4) is 5.75 Å². The second kappa shape index (κ2) is 7.32. The fourth-order valence-corrected chi connectivity index (χ4v) is 1.24. The third kappa shape index (κ3) is 5.34. The van der Waals surface area contributed by atoms with Gasteiger partial charge in [-0.05, 0) is 25.5 Å². The second-order valence-corrected chi connectivity index (χ2v) is 3.80. The molecular formula is C13H17NO4. The first-order valence-electron chi connectivity index (χ1n) is 5.76. The van der Waals surface area contributed by atoms with Crippen LogP contribution in [0.1, 0.15) is 19.8 Å². The molecule has 0 spiro atoms. The summed E-state index contributed by atoms with van der Waals surface area (Å²) in [6.45, 7) is 1.87. The van der Waals surface area contributed by atoms with E-state index in [1.54, 1.807) is 0 Å². The van der Waals surface area contributed by atoms with Gasteiger partial charge in [-0.2, -0.15) is 0 Å². The predicted molar refractivity (Wildman–Crippen MR) is 65.9 cm³/mol. The van der Waals surface area contributed by atoms with Gasteiger partial charge in [0.15, 0.2) is 6.10 Å². The molecule has 1 atom stereocenters. The van der Waals surface area contributed by atoms with Gasteiger partial charge in [0.25, 0.3) is 5.91 Å². The predicted octanol–water partition coefficient (Wildman–Crippen LogP) is 1.26. The van der Waals surface area contributed by atoms with Gasteiger partial charge in [0, 0.05) is 6.42 Å². The Bertz CT molecular complexity index is 391. The Kier molecular flexibility index (Phi) is 5.70. The Hall–Kier alpha value is -2.04. The highest BCUT2D eigenvalue weighted by Crippen LogP contribution is 2.09. The highest BCUT2D eigenvalue weighted by atomic mass is 16.5. The van der Waals surface area contributed by atoms with E-state index in [9.17, 15) is 9.59 Å². The standard InChI is InChI=1S/C13H17NO4/c1-10(13(14)16)18-12(15)8-5-9-17-11-6-3-2-4-7-11/h2-4,6-7,10H,5,8-9H2,1H3,(H2,14,16). The van der Waals surface area contributed by atoms with Crippen LogP contribution in [0.4, 0.5) is 0 Å². The number of rotatable bonds is 7. The van der Waals surface area contributed by atoms with Crippen molar-refractivity contribution < 1.29 is 19.1 Å². The molecule has 0 saturated carbocycles. The van der Waals surface area contributed by atoms with E-state index in [4.69, 9.17) is 15.2 Å². The Balaban J connectivity index is 2.14. The molecule has 2 N–H and O–H groups in total. The summed E-state index contributed by atoms with van der Waals surface area (Å²) < 4.78 is 10.2. The molecule has 18 heavy (non-hydrogen) atoms. The van der Waals surface area contributed by atoms with Crippen molar-refractivity contribution in [2.24, 2.45) is 5.73 Å². The molecular weight excluding hydrogens is 234 g/mol. The van der Waals surface area contributed by atoms with Gasteiger partial charge in [0.05, 0.1) is 6.61 Å². The number of nitrogens with two attached hydrogens (primary N) is 1. The average Bonchev–Trinajstić information content (AvgIpc) is 2.35. The Morgan fingerprint density at radius 3 is 2.56 bits per heavy atom. The quantitative estimate of drug-likeness (QED) is 0.584. The molecule has 1 aromatic rings. The van der Waals surface area contributed by atoms with Gasteiger partial charge in [0.1, 0.15) is 5.75 Å². The minimum atomic E-state index is -0.882. The molecule has 0 aliphatic rings. The molecule has 5 nitrogen and oxygen atoms in total. The third-order valence-corrected chi connectivity index (χ3v) is 2.25. The van der Waals surface area contributed by atoms with Crippen LogP contribution in [-0.2, 0) is 14.3 Å². The lowest BCUT2D eigenvalue weighted by Crippen LogP contribution is -2.30. The molecule has 0 aliphatic heterocycles. The minimum Gasteiger partial charge on any atom is -0.494 e. The smallest absolute Gasteiger partial charge is 0.306 e. The third-order valence-electron chi connectivity index (χ3n) is 2.25. The molecule has 0 heterocycles. The van der Waals surface area contributed by atoms with E-state index in [2.05, 4.69) is 0 Å². The molecule has 1 amide bonds. The Morgan fingerprint density at radius 1 is 1.28 bits per heavy atom. The maximum atomic E-state index is 11.3. The molecule has 1 rings (SSSR count). The van der Waals surface area contributed by atoms with Crippen LogP contribution in [0.3, 0.4) is 0 Å². The number of hydrogen-bond donors (Lipinski definition) is 1. The van der Waals surface area contributed by atoms with E-state index in [-0.39, 0.29) is 6.42 Å². The summed E-state index contributed by atoms with van der Waals surface area (Å²) >= 11 is 0. The van der Waals surface area contributed by atoms with E-state index in [0.717, 1.165) is 5.75 Å². The summed E-state index contributed by atoms with van der Waals surface area (Å²) in [5, 5.41) is 0. The summed E-state index contributed by atoms with van der Waals surface area (Å²) in [7, 11) is 0. The fourth-order valence-electron chi connectivity index (χ4n) is 1.24. The van der Waals surface area contributed by atoms with E-state index in [1.807, 2.05) is 30.3 Å². The topological polar surface area (TPSA) is 78.6 Å². The van der Waals surface area contributed by atoms with E-state index < -0.39 is 18.0 Å². The summed E-state index contributed by atoms with van der Waals surface area (Å²) in [5.74, 6) is -0.335. The number of primary amides is 1. The van der Waals surface area contributed by atoms with Crippen LogP contribution in [0.2, 0.25) is 0 Å². The number of carbonyl (C=O) groups is 2. The molecule has 0 bridgehead atoms. The van der Waals surface area contributed by atoms with Crippen molar-refractivity contribution in [2.45, 2.75) is 25.9 Å². The van der Waals surface area contributed by atoms with E-state index in [1.165, 1.54) is 6.92 Å². The normalized spacial score (nSPS) is 11.6. The van der Waals surface area contributed by atoms with Gasteiger partial charge in [0.2, 0.25) is 0 Å². The van der Waals surface area contributed by atoms with E-state index >= 15 is 0 Å². The summed E-state index contributed by atoms with van der Waals surface area (Å²) in [6, 6.07) is 9.33. The number of amides is 1. The first-order valence-corrected chi connectivity index (χ1v) is 5.76. The molecule has 0 aliphatic carbocycles. The lowest BCUT2D eigenvalue weighted by atomic mass is 10.3. The van der Waals surface area contributed by atoms with Crippen molar-refractivity contribution >= 4 is 11.9 Å². The second-order valence-electron chi connectivity index (χ2n) is 3.80. The number of ether oxygens (including phenoxy) is 2. The maximum Gasteiger partial charge on any atom is 0.306 e. The van der Waals surface area contributed by atoms with Crippen LogP contribution in [0.15, 0.2) is 30.3 Å². The highest BCUT2D eigenvalue weighted by Gasteiger charge is 2.13. The molecule has 5 heteroatoms. The van der Waals surface area contributed by atoms with Gasteiger partial charge in [-0.25, -0.2) is 0 Å². The molecule has 1 aromatic carbocycles. The lowest BCUT2D eigenvalue weighted by Gasteiger charge is -2.09. The van der Waals surface area contributed by atoms with Crippen LogP contribution < -0.4 is 10.5 Å². The summed E-state index contributed by atoms with van der Waals surface area (Å²) in [5.41, 5.74) is 4.97. The monoisotopic (exact) mass is 251 g/mol. The summed E-state index contributed by atoms with van der Waals surface area (Å²) in [4.78, 5) is 22.0. The lowest BCUT2D eigenvalue weighted by molar-refractivity contribution is -0.153. The summed E-state index contributed by atoms with van der Waals surface area (Å²) in [6.07, 6.45) is -0.156. The van der Waals surface area contributed by atoms with Gasteiger partial charge in [-0.1, -0.05) is 18.2 Å². The number of hydrogen-bond acceptors (Lipinski definition) is 4. The molecule has 1 unspecified atom stereocenters. The van der Waals surface area contributed by atoms with E-state index in [0.29, 0.717) is 13.0 Å². The van der Waals surface area contributed by atoms with Gasteiger partial charge >= 0.3 is 5.97 Å². The molecule has 98 valence electrons. The van der Waals surface area contributed by atoms with Crippen molar-refractivity contribution in [3.63, 3.8) is 0 Å². The molecule has 0 fully saturated rings. The Labute approximate surface area is 106 Å². The van der Waals surface area contributed by atoms with Crippen LogP contribution in [0.5, 0.6) is 5.75 Å². The molecule has 0 aromatic heterocycles.